The number of methoxy groups -OCH3 is 1. The Labute approximate surface area is 130 Å². The highest BCUT2D eigenvalue weighted by Gasteiger charge is 2.27. The Morgan fingerprint density at radius 3 is 3.14 bits per heavy atom. The maximum absolute atomic E-state index is 5.11. The zero-order valence-electron chi connectivity index (χ0n) is 13.2. The Kier molecular flexibility index (Phi) is 4.80. The first kappa shape index (κ1) is 15.1. The van der Waals surface area contributed by atoms with Crippen molar-refractivity contribution >= 4 is 0 Å². The molecule has 6 nitrogen and oxygen atoms in total. The van der Waals surface area contributed by atoms with E-state index >= 15 is 0 Å². The molecule has 1 N–H and O–H groups in total. The number of aryl methyl sites for hydroxylation is 1. The number of nitrogens with zero attached hydrogens (tertiary/aromatic N) is 4. The molecular weight excluding hydrogens is 278 g/mol. The van der Waals surface area contributed by atoms with Crippen molar-refractivity contribution in [3.05, 3.63) is 41.2 Å². The lowest BCUT2D eigenvalue weighted by molar-refractivity contribution is 0.131. The summed E-state index contributed by atoms with van der Waals surface area (Å²) >= 11 is 0. The molecule has 1 aliphatic rings. The van der Waals surface area contributed by atoms with E-state index in [0.717, 1.165) is 36.9 Å². The zero-order valence-corrected chi connectivity index (χ0v) is 13.2. The van der Waals surface area contributed by atoms with Gasteiger partial charge in [-0.1, -0.05) is 12.5 Å². The molecule has 3 rings (SSSR count). The third-order valence-corrected chi connectivity index (χ3v) is 4.21. The Morgan fingerprint density at radius 2 is 2.32 bits per heavy atom. The fourth-order valence-electron chi connectivity index (χ4n) is 3.01. The van der Waals surface area contributed by atoms with Crippen LogP contribution in [0.25, 0.3) is 0 Å². The average Bonchev–Trinajstić information content (AvgIpc) is 2.99. The number of rotatable bonds is 5. The highest BCUT2D eigenvalue weighted by molar-refractivity contribution is 5.18. The number of H-pyrrole nitrogens is 1. The topological polar surface area (TPSA) is 66.9 Å². The average molecular weight is 301 g/mol. The predicted molar refractivity (Wildman–Crippen MR) is 83.1 cm³/mol. The molecule has 1 atom stereocenters. The molecule has 1 aliphatic heterocycles. The molecular formula is C16H23N5O. The Hall–Kier alpha value is -1.79. The minimum atomic E-state index is 0.261. The third-order valence-electron chi connectivity index (χ3n) is 4.21. The van der Waals surface area contributed by atoms with Gasteiger partial charge >= 0.3 is 0 Å². The highest BCUT2D eigenvalue weighted by atomic mass is 16.5. The van der Waals surface area contributed by atoms with Gasteiger partial charge in [0.1, 0.15) is 6.61 Å². The van der Waals surface area contributed by atoms with Gasteiger partial charge < -0.3 is 4.74 Å². The molecule has 22 heavy (non-hydrogen) atoms. The van der Waals surface area contributed by atoms with Crippen LogP contribution in [0.1, 0.15) is 48.2 Å². The van der Waals surface area contributed by atoms with Gasteiger partial charge in [0, 0.05) is 19.9 Å². The van der Waals surface area contributed by atoms with Crippen molar-refractivity contribution in [1.82, 2.24) is 25.1 Å². The predicted octanol–water partition coefficient (Wildman–Crippen LogP) is 2.38. The van der Waals surface area contributed by atoms with Crippen LogP contribution in [0.3, 0.4) is 0 Å². The zero-order chi connectivity index (χ0) is 15.4. The van der Waals surface area contributed by atoms with Crippen LogP contribution in [0.15, 0.2) is 18.3 Å². The summed E-state index contributed by atoms with van der Waals surface area (Å²) in [7, 11) is 1.67. The summed E-state index contributed by atoms with van der Waals surface area (Å²) in [6.07, 6.45) is 5.40. The van der Waals surface area contributed by atoms with E-state index < -0.39 is 0 Å². The smallest absolute Gasteiger partial charge is 0.167 e. The van der Waals surface area contributed by atoms with Gasteiger partial charge in [-0.15, -0.1) is 0 Å². The van der Waals surface area contributed by atoms with E-state index in [4.69, 9.17) is 4.74 Å². The molecule has 0 aromatic carbocycles. The van der Waals surface area contributed by atoms with Crippen molar-refractivity contribution in [1.29, 1.82) is 0 Å². The molecule has 0 radical (unpaired) electrons. The van der Waals surface area contributed by atoms with Crippen molar-refractivity contribution in [3.8, 4) is 0 Å². The fraction of sp³-hybridized carbons (Fsp3) is 0.562. The summed E-state index contributed by atoms with van der Waals surface area (Å²) in [6, 6.07) is 4.36. The number of pyridine rings is 1. The Bertz CT molecular complexity index is 612. The van der Waals surface area contributed by atoms with Crippen molar-refractivity contribution in [2.24, 2.45) is 0 Å². The number of likely N-dealkylation sites (tertiary alicyclic amines) is 1. The second-order valence-electron chi connectivity index (χ2n) is 5.82. The van der Waals surface area contributed by atoms with E-state index in [9.17, 15) is 0 Å². The molecule has 2 aromatic heterocycles. The maximum atomic E-state index is 5.11. The molecule has 1 unspecified atom stereocenters. The molecule has 1 saturated heterocycles. The van der Waals surface area contributed by atoms with E-state index in [2.05, 4.69) is 38.1 Å². The van der Waals surface area contributed by atoms with E-state index in [1.807, 2.05) is 12.3 Å². The van der Waals surface area contributed by atoms with E-state index in [1.165, 1.54) is 18.4 Å². The number of aromatic amines is 1. The molecule has 6 heteroatoms. The standard InChI is InChI=1S/C16H23N5O/c1-12-6-5-8-17-13(12)10-21-9-4-3-7-14(21)16-18-15(11-22-2)19-20-16/h5-6,8,14H,3-4,7,9-11H2,1-2H3,(H,18,19,20). The number of nitrogens with one attached hydrogen (secondary N) is 1. The first-order valence-corrected chi connectivity index (χ1v) is 7.82. The summed E-state index contributed by atoms with van der Waals surface area (Å²) in [5.74, 6) is 1.66. The number of hydrogen-bond donors (Lipinski definition) is 1. The largest absolute Gasteiger partial charge is 0.377 e. The number of aromatic nitrogens is 4. The highest BCUT2D eigenvalue weighted by Crippen LogP contribution is 2.30. The van der Waals surface area contributed by atoms with Gasteiger partial charge in [-0.3, -0.25) is 15.0 Å². The van der Waals surface area contributed by atoms with Gasteiger partial charge in [0.2, 0.25) is 0 Å². The molecule has 3 heterocycles. The van der Waals surface area contributed by atoms with Crippen LogP contribution in [-0.4, -0.2) is 38.7 Å². The minimum Gasteiger partial charge on any atom is -0.377 e. The minimum absolute atomic E-state index is 0.261. The molecule has 118 valence electrons. The van der Waals surface area contributed by atoms with Gasteiger partial charge in [-0.25, -0.2) is 4.98 Å². The molecule has 0 saturated carbocycles. The number of piperidine rings is 1. The first-order chi connectivity index (χ1) is 10.8. The summed E-state index contributed by atoms with van der Waals surface area (Å²) in [4.78, 5) is 11.6. The third kappa shape index (κ3) is 3.34. The van der Waals surface area contributed by atoms with E-state index in [0.29, 0.717) is 6.61 Å². The van der Waals surface area contributed by atoms with Gasteiger partial charge in [0.25, 0.3) is 0 Å². The molecule has 0 bridgehead atoms. The van der Waals surface area contributed by atoms with Crippen molar-refractivity contribution < 1.29 is 4.74 Å². The van der Waals surface area contributed by atoms with Crippen LogP contribution in [0, 0.1) is 6.92 Å². The summed E-state index contributed by atoms with van der Waals surface area (Å²) < 4.78 is 5.11. The summed E-state index contributed by atoms with van der Waals surface area (Å²) in [6.45, 7) is 4.50. The lowest BCUT2D eigenvalue weighted by atomic mass is 10.0. The van der Waals surface area contributed by atoms with Crippen LogP contribution in [-0.2, 0) is 17.9 Å². The van der Waals surface area contributed by atoms with Crippen molar-refractivity contribution in [2.75, 3.05) is 13.7 Å². The lowest BCUT2D eigenvalue weighted by Gasteiger charge is -2.33. The summed E-state index contributed by atoms with van der Waals surface area (Å²) in [5, 5.41) is 7.37. The SMILES string of the molecule is COCc1nc(C2CCCCN2Cc2ncccc2C)n[nH]1. The fourth-order valence-corrected chi connectivity index (χ4v) is 3.01. The monoisotopic (exact) mass is 301 g/mol. The Morgan fingerprint density at radius 1 is 1.41 bits per heavy atom. The van der Waals surface area contributed by atoms with Crippen molar-refractivity contribution in [2.45, 2.75) is 45.4 Å². The molecule has 0 amide bonds. The van der Waals surface area contributed by atoms with Crippen LogP contribution in [0.5, 0.6) is 0 Å². The number of ether oxygens (including phenoxy) is 1. The number of hydrogen-bond acceptors (Lipinski definition) is 5. The second kappa shape index (κ2) is 6.98. The van der Waals surface area contributed by atoms with Crippen LogP contribution < -0.4 is 0 Å². The van der Waals surface area contributed by atoms with Gasteiger partial charge in [-0.05, 0) is 37.9 Å². The van der Waals surface area contributed by atoms with Crippen LogP contribution >= 0.6 is 0 Å². The maximum Gasteiger partial charge on any atom is 0.167 e. The van der Waals surface area contributed by atoms with Gasteiger partial charge in [0.15, 0.2) is 11.6 Å². The van der Waals surface area contributed by atoms with Gasteiger partial charge in [0.05, 0.1) is 11.7 Å². The van der Waals surface area contributed by atoms with Crippen LogP contribution in [0.2, 0.25) is 0 Å². The quantitative estimate of drug-likeness (QED) is 0.918. The van der Waals surface area contributed by atoms with Gasteiger partial charge in [-0.2, -0.15) is 5.10 Å². The van der Waals surface area contributed by atoms with E-state index in [1.54, 1.807) is 7.11 Å². The molecule has 0 spiro atoms. The normalized spacial score (nSPS) is 19.5. The summed E-state index contributed by atoms with van der Waals surface area (Å²) in [5.41, 5.74) is 2.38. The molecule has 1 fully saturated rings. The molecule has 0 aliphatic carbocycles. The van der Waals surface area contributed by atoms with E-state index in [-0.39, 0.29) is 6.04 Å². The Balaban J connectivity index is 1.77. The second-order valence-corrected chi connectivity index (χ2v) is 5.82. The first-order valence-electron chi connectivity index (χ1n) is 7.82. The lowest BCUT2D eigenvalue weighted by Crippen LogP contribution is -2.34. The van der Waals surface area contributed by atoms with Crippen LogP contribution in [0.4, 0.5) is 0 Å². The molecule has 2 aromatic rings. The van der Waals surface area contributed by atoms with Crippen molar-refractivity contribution in [3.63, 3.8) is 0 Å².